The summed E-state index contributed by atoms with van der Waals surface area (Å²) in [6.07, 6.45) is -3.89. The summed E-state index contributed by atoms with van der Waals surface area (Å²) in [6.45, 7) is 1.53. The summed E-state index contributed by atoms with van der Waals surface area (Å²) in [5.41, 5.74) is 0.1000. The van der Waals surface area contributed by atoms with Crippen molar-refractivity contribution in [3.05, 3.63) is 60.4 Å². The van der Waals surface area contributed by atoms with Gasteiger partial charge in [0.05, 0.1) is 11.3 Å². The maximum Gasteiger partial charge on any atom is 0.416 e. The Morgan fingerprint density at radius 1 is 1.19 bits per heavy atom. The van der Waals surface area contributed by atoms with Crippen molar-refractivity contribution < 1.29 is 22.7 Å². The third kappa shape index (κ3) is 4.60. The van der Waals surface area contributed by atoms with Crippen LogP contribution in [0.1, 0.15) is 12.5 Å². The number of tetrazole rings is 1. The van der Waals surface area contributed by atoms with Gasteiger partial charge in [-0.05, 0) is 53.7 Å². The summed E-state index contributed by atoms with van der Waals surface area (Å²) in [7, 11) is 0. The zero-order valence-electron chi connectivity index (χ0n) is 14.0. The fourth-order valence-corrected chi connectivity index (χ4v) is 2.22. The van der Waals surface area contributed by atoms with Crippen LogP contribution >= 0.6 is 0 Å². The Labute approximate surface area is 151 Å². The van der Waals surface area contributed by atoms with Crippen molar-refractivity contribution in [1.82, 2.24) is 20.2 Å². The molecule has 0 bridgehead atoms. The molecule has 7 nitrogen and oxygen atoms in total. The molecule has 1 atom stereocenters. The number of ether oxygens (including phenoxy) is 1. The second-order valence-electron chi connectivity index (χ2n) is 5.58. The van der Waals surface area contributed by atoms with Gasteiger partial charge >= 0.3 is 6.18 Å². The molecule has 0 saturated carbocycles. The third-order valence-corrected chi connectivity index (χ3v) is 3.59. The van der Waals surface area contributed by atoms with E-state index in [9.17, 15) is 18.0 Å². The molecule has 27 heavy (non-hydrogen) atoms. The Bertz CT molecular complexity index is 911. The molecule has 0 aliphatic heterocycles. The lowest BCUT2D eigenvalue weighted by atomic mass is 10.2. The quantitative estimate of drug-likeness (QED) is 0.739. The van der Waals surface area contributed by atoms with E-state index in [1.807, 2.05) is 0 Å². The molecule has 2 aromatic carbocycles. The number of nitrogens with one attached hydrogen (secondary N) is 1. The van der Waals surface area contributed by atoms with E-state index in [4.69, 9.17) is 4.74 Å². The minimum Gasteiger partial charge on any atom is -0.481 e. The third-order valence-electron chi connectivity index (χ3n) is 3.59. The van der Waals surface area contributed by atoms with E-state index in [-0.39, 0.29) is 5.69 Å². The Kier molecular flexibility index (Phi) is 5.06. The molecule has 0 fully saturated rings. The van der Waals surface area contributed by atoms with E-state index in [0.29, 0.717) is 11.4 Å². The van der Waals surface area contributed by atoms with Gasteiger partial charge in [-0.25, -0.2) is 4.68 Å². The number of nitrogens with zero attached hydrogens (tertiary/aromatic N) is 4. The SMILES string of the molecule is C[C@@H](Oc1cccc(-n2cnnn2)c1)C(=O)Nc1ccc(C(F)(F)F)cc1. The molecule has 1 amide bonds. The van der Waals surface area contributed by atoms with Gasteiger partial charge in [0, 0.05) is 11.8 Å². The lowest BCUT2D eigenvalue weighted by molar-refractivity contribution is -0.137. The van der Waals surface area contributed by atoms with E-state index in [2.05, 4.69) is 20.8 Å². The van der Waals surface area contributed by atoms with Crippen molar-refractivity contribution >= 4 is 11.6 Å². The Morgan fingerprint density at radius 2 is 1.93 bits per heavy atom. The molecule has 10 heteroatoms. The van der Waals surface area contributed by atoms with Crippen LogP contribution in [0.3, 0.4) is 0 Å². The predicted octanol–water partition coefficient (Wildman–Crippen LogP) is 3.09. The average Bonchev–Trinajstić information content (AvgIpc) is 3.16. The summed E-state index contributed by atoms with van der Waals surface area (Å²) in [5.74, 6) is -0.0827. The van der Waals surface area contributed by atoms with E-state index in [1.54, 1.807) is 24.3 Å². The highest BCUT2D eigenvalue weighted by molar-refractivity contribution is 5.94. The van der Waals surface area contributed by atoms with Gasteiger partial charge in [-0.1, -0.05) is 6.07 Å². The van der Waals surface area contributed by atoms with Crippen LogP contribution in [0.2, 0.25) is 0 Å². The fourth-order valence-electron chi connectivity index (χ4n) is 2.22. The molecule has 0 aliphatic carbocycles. The van der Waals surface area contributed by atoms with Gasteiger partial charge in [0.25, 0.3) is 5.91 Å². The number of hydrogen-bond donors (Lipinski definition) is 1. The van der Waals surface area contributed by atoms with Crippen LogP contribution in [0.15, 0.2) is 54.9 Å². The number of carbonyl (C=O) groups excluding carboxylic acids is 1. The molecule has 1 N–H and O–H groups in total. The second kappa shape index (κ2) is 7.44. The highest BCUT2D eigenvalue weighted by Crippen LogP contribution is 2.29. The van der Waals surface area contributed by atoms with Crippen LogP contribution in [0.5, 0.6) is 5.75 Å². The highest BCUT2D eigenvalue weighted by Gasteiger charge is 2.30. The molecule has 1 aromatic heterocycles. The zero-order valence-corrected chi connectivity index (χ0v) is 14.0. The number of halogens is 3. The van der Waals surface area contributed by atoms with Gasteiger partial charge in [0.15, 0.2) is 6.10 Å². The molecule has 1 heterocycles. The van der Waals surface area contributed by atoms with Crippen LogP contribution < -0.4 is 10.1 Å². The molecule has 3 rings (SSSR count). The first-order valence-corrected chi connectivity index (χ1v) is 7.81. The number of alkyl halides is 3. The summed E-state index contributed by atoms with van der Waals surface area (Å²) in [5, 5.41) is 13.4. The molecule has 0 aliphatic rings. The van der Waals surface area contributed by atoms with Gasteiger partial charge in [-0.2, -0.15) is 13.2 Å². The van der Waals surface area contributed by atoms with Crippen LogP contribution in [-0.4, -0.2) is 32.2 Å². The number of hydrogen-bond acceptors (Lipinski definition) is 5. The van der Waals surface area contributed by atoms with Crippen LogP contribution in [0.25, 0.3) is 5.69 Å². The molecule has 0 radical (unpaired) electrons. The van der Waals surface area contributed by atoms with Crippen LogP contribution in [-0.2, 0) is 11.0 Å². The van der Waals surface area contributed by atoms with E-state index in [0.717, 1.165) is 12.1 Å². The van der Waals surface area contributed by atoms with E-state index in [1.165, 1.54) is 30.1 Å². The summed E-state index contributed by atoms with van der Waals surface area (Å²) < 4.78 is 44.7. The predicted molar refractivity (Wildman–Crippen MR) is 89.3 cm³/mol. The van der Waals surface area contributed by atoms with Crippen molar-refractivity contribution in [3.8, 4) is 11.4 Å². The van der Waals surface area contributed by atoms with Crippen molar-refractivity contribution in [2.45, 2.75) is 19.2 Å². The Hall–Kier alpha value is -3.43. The number of anilines is 1. The normalized spacial score (nSPS) is 12.4. The van der Waals surface area contributed by atoms with E-state index >= 15 is 0 Å². The van der Waals surface area contributed by atoms with Crippen molar-refractivity contribution in [3.63, 3.8) is 0 Å². The summed E-state index contributed by atoms with van der Waals surface area (Å²) in [6, 6.07) is 11.0. The lowest BCUT2D eigenvalue weighted by Crippen LogP contribution is -2.30. The molecule has 3 aromatic rings. The van der Waals surface area contributed by atoms with Gasteiger partial charge in [-0.15, -0.1) is 5.10 Å². The molecule has 0 spiro atoms. The molecular formula is C17H14F3N5O2. The van der Waals surface area contributed by atoms with Crippen molar-refractivity contribution in [2.75, 3.05) is 5.32 Å². The zero-order chi connectivity index (χ0) is 19.4. The topological polar surface area (TPSA) is 81.9 Å². The van der Waals surface area contributed by atoms with Gasteiger partial charge < -0.3 is 10.1 Å². The van der Waals surface area contributed by atoms with Gasteiger partial charge in [-0.3, -0.25) is 4.79 Å². The highest BCUT2D eigenvalue weighted by atomic mass is 19.4. The van der Waals surface area contributed by atoms with Crippen molar-refractivity contribution in [1.29, 1.82) is 0 Å². The number of benzene rings is 2. The summed E-state index contributed by atoms with van der Waals surface area (Å²) >= 11 is 0. The fraction of sp³-hybridized carbons (Fsp3) is 0.176. The van der Waals surface area contributed by atoms with Crippen LogP contribution in [0, 0.1) is 0 Å². The van der Waals surface area contributed by atoms with Gasteiger partial charge in [0.2, 0.25) is 0 Å². The largest absolute Gasteiger partial charge is 0.481 e. The summed E-state index contributed by atoms with van der Waals surface area (Å²) in [4.78, 5) is 12.2. The number of rotatable bonds is 5. The molecular weight excluding hydrogens is 363 g/mol. The minimum atomic E-state index is -4.43. The minimum absolute atomic E-state index is 0.242. The molecule has 0 unspecified atom stereocenters. The number of amides is 1. The molecule has 140 valence electrons. The number of aromatic nitrogens is 4. The first-order valence-electron chi connectivity index (χ1n) is 7.81. The van der Waals surface area contributed by atoms with E-state index < -0.39 is 23.8 Å². The Morgan fingerprint density at radius 3 is 2.56 bits per heavy atom. The average molecular weight is 377 g/mol. The lowest BCUT2D eigenvalue weighted by Gasteiger charge is -2.15. The molecule has 0 saturated heterocycles. The van der Waals surface area contributed by atoms with Gasteiger partial charge in [0.1, 0.15) is 12.1 Å². The maximum atomic E-state index is 12.6. The standard InChI is InChI=1S/C17H14F3N5O2/c1-11(16(26)22-13-7-5-12(6-8-13)17(18,19)20)27-15-4-2-3-14(9-15)25-10-21-23-24-25/h2-11H,1H3,(H,22,26)/t11-/m1/s1. The first-order chi connectivity index (χ1) is 12.8. The smallest absolute Gasteiger partial charge is 0.416 e. The number of carbonyl (C=O) groups is 1. The second-order valence-corrected chi connectivity index (χ2v) is 5.58. The maximum absolute atomic E-state index is 12.6. The Balaban J connectivity index is 1.63. The first kappa shape index (κ1) is 18.4. The monoisotopic (exact) mass is 377 g/mol. The van der Waals surface area contributed by atoms with Crippen molar-refractivity contribution in [2.24, 2.45) is 0 Å². The van der Waals surface area contributed by atoms with Crippen LogP contribution in [0.4, 0.5) is 18.9 Å².